The van der Waals surface area contributed by atoms with E-state index in [1.165, 1.54) is 7.05 Å². The first-order chi connectivity index (χ1) is 11.2. The molecule has 0 radical (unpaired) electrons. The van der Waals surface area contributed by atoms with Gasteiger partial charge in [0.05, 0.1) is 0 Å². The number of rotatable bonds is 4. The first kappa shape index (κ1) is 17.8. The van der Waals surface area contributed by atoms with Gasteiger partial charge in [-0.15, -0.1) is 0 Å². The molecule has 0 saturated heterocycles. The molecule has 1 atom stereocenters. The van der Waals surface area contributed by atoms with Gasteiger partial charge in [0.2, 0.25) is 0 Å². The van der Waals surface area contributed by atoms with Crippen LogP contribution in [0.3, 0.4) is 0 Å². The molecule has 2 aromatic carbocycles. The van der Waals surface area contributed by atoms with Crippen LogP contribution in [-0.4, -0.2) is 40.8 Å². The number of benzene rings is 2. The molecule has 0 aliphatic carbocycles. The Hall–Kier alpha value is -2.56. The van der Waals surface area contributed by atoms with E-state index in [-0.39, 0.29) is 6.42 Å². The molecule has 1 unspecified atom stereocenters. The van der Waals surface area contributed by atoms with E-state index in [0.717, 1.165) is 21.2 Å². The fourth-order valence-corrected chi connectivity index (χ4v) is 2.44. The van der Waals surface area contributed by atoms with Crippen molar-refractivity contribution in [1.82, 2.24) is 4.90 Å². The van der Waals surface area contributed by atoms with Gasteiger partial charge in [0.15, 0.2) is 0 Å². The van der Waals surface area contributed by atoms with Crippen molar-refractivity contribution in [2.75, 3.05) is 7.05 Å². The lowest BCUT2D eigenvalue weighted by Crippen LogP contribution is -2.46. The molecule has 0 saturated carbocycles. The highest BCUT2D eigenvalue weighted by molar-refractivity contribution is 5.84. The summed E-state index contributed by atoms with van der Waals surface area (Å²) in [6, 6.07) is 12.7. The number of carboxylic acids is 1. The first-order valence-corrected chi connectivity index (χ1v) is 7.83. The van der Waals surface area contributed by atoms with Crippen LogP contribution in [0.5, 0.6) is 0 Å². The molecule has 5 nitrogen and oxygen atoms in total. The van der Waals surface area contributed by atoms with Crippen LogP contribution in [0.2, 0.25) is 0 Å². The normalized spacial score (nSPS) is 12.7. The predicted molar refractivity (Wildman–Crippen MR) is 93.1 cm³/mol. The molecule has 2 aromatic rings. The zero-order valence-electron chi connectivity index (χ0n) is 14.4. The van der Waals surface area contributed by atoms with Gasteiger partial charge < -0.3 is 9.84 Å². The Kier molecular flexibility index (Phi) is 5.12. The maximum Gasteiger partial charge on any atom is 0.410 e. The van der Waals surface area contributed by atoms with Crippen LogP contribution in [0.1, 0.15) is 26.3 Å². The first-order valence-electron chi connectivity index (χ1n) is 7.83. The monoisotopic (exact) mass is 329 g/mol. The minimum absolute atomic E-state index is 0.218. The third-order valence-electron chi connectivity index (χ3n) is 3.68. The fourth-order valence-electron chi connectivity index (χ4n) is 2.44. The van der Waals surface area contributed by atoms with Crippen molar-refractivity contribution < 1.29 is 19.4 Å². The zero-order chi connectivity index (χ0) is 17.9. The average molecular weight is 329 g/mol. The molecule has 0 aromatic heterocycles. The molecule has 128 valence electrons. The Bertz CT molecular complexity index is 748. The molecule has 0 spiro atoms. The molecule has 2 rings (SSSR count). The zero-order valence-corrected chi connectivity index (χ0v) is 14.4. The van der Waals surface area contributed by atoms with Crippen molar-refractivity contribution in [3.8, 4) is 0 Å². The summed E-state index contributed by atoms with van der Waals surface area (Å²) in [4.78, 5) is 24.9. The number of carboxylic acid groups (broad SMARTS) is 1. The van der Waals surface area contributed by atoms with Gasteiger partial charge in [-0.3, -0.25) is 4.90 Å². The molecule has 0 aliphatic heterocycles. The van der Waals surface area contributed by atoms with Gasteiger partial charge in [0.1, 0.15) is 11.6 Å². The number of aliphatic carboxylic acids is 1. The van der Waals surface area contributed by atoms with Crippen molar-refractivity contribution in [3.05, 3.63) is 48.0 Å². The molecule has 0 bridgehead atoms. The van der Waals surface area contributed by atoms with E-state index in [9.17, 15) is 14.7 Å². The standard InChI is InChI=1S/C19H23NO4/c1-19(2,3)24-18(23)20(4)16(17(21)22)12-13-9-10-14-7-5-6-8-15(14)11-13/h5-11,16H,12H2,1-4H3,(H,21,22). The number of likely N-dealkylation sites (N-methyl/N-ethyl adjacent to an activating group) is 1. The lowest BCUT2D eigenvalue weighted by molar-refractivity contribution is -0.142. The van der Waals surface area contributed by atoms with Crippen LogP contribution in [0.15, 0.2) is 42.5 Å². The van der Waals surface area contributed by atoms with Gasteiger partial charge in [-0.1, -0.05) is 42.5 Å². The maximum atomic E-state index is 12.1. The molecule has 5 heteroatoms. The number of carbonyl (C=O) groups is 2. The van der Waals surface area contributed by atoms with Crippen molar-refractivity contribution in [2.45, 2.75) is 38.8 Å². The molecule has 24 heavy (non-hydrogen) atoms. The summed E-state index contributed by atoms with van der Waals surface area (Å²) in [6.07, 6.45) is -0.425. The summed E-state index contributed by atoms with van der Waals surface area (Å²) in [5.74, 6) is -1.06. The summed E-state index contributed by atoms with van der Waals surface area (Å²) < 4.78 is 5.26. The Morgan fingerprint density at radius 1 is 1.12 bits per heavy atom. The summed E-state index contributed by atoms with van der Waals surface area (Å²) in [5, 5.41) is 11.6. The van der Waals surface area contributed by atoms with Crippen molar-refractivity contribution in [3.63, 3.8) is 0 Å². The van der Waals surface area contributed by atoms with Crippen LogP contribution in [0.25, 0.3) is 10.8 Å². The molecular weight excluding hydrogens is 306 g/mol. The number of fused-ring (bicyclic) bond motifs is 1. The van der Waals surface area contributed by atoms with Crippen LogP contribution in [-0.2, 0) is 16.0 Å². The lowest BCUT2D eigenvalue weighted by atomic mass is 10.0. The van der Waals surface area contributed by atoms with Crippen molar-refractivity contribution in [2.24, 2.45) is 0 Å². The quantitative estimate of drug-likeness (QED) is 0.929. The van der Waals surface area contributed by atoms with Crippen LogP contribution >= 0.6 is 0 Å². The van der Waals surface area contributed by atoms with Crippen LogP contribution in [0.4, 0.5) is 4.79 Å². The lowest BCUT2D eigenvalue weighted by Gasteiger charge is -2.28. The van der Waals surface area contributed by atoms with E-state index in [4.69, 9.17) is 4.74 Å². The third kappa shape index (κ3) is 4.47. The highest BCUT2D eigenvalue weighted by Crippen LogP contribution is 2.19. The Balaban J connectivity index is 2.20. The van der Waals surface area contributed by atoms with Crippen molar-refractivity contribution >= 4 is 22.8 Å². The van der Waals surface area contributed by atoms with Gasteiger partial charge >= 0.3 is 12.1 Å². The topological polar surface area (TPSA) is 66.8 Å². The number of amides is 1. The van der Waals surface area contributed by atoms with E-state index in [1.807, 2.05) is 42.5 Å². The van der Waals surface area contributed by atoms with E-state index >= 15 is 0 Å². The molecule has 1 amide bonds. The molecule has 0 aliphatic rings. The fraction of sp³-hybridized carbons (Fsp3) is 0.368. The predicted octanol–water partition coefficient (Wildman–Crippen LogP) is 3.70. The SMILES string of the molecule is CN(C(=O)OC(C)(C)C)C(Cc1ccc2ccccc2c1)C(=O)O. The third-order valence-corrected chi connectivity index (χ3v) is 3.68. The Morgan fingerprint density at radius 3 is 2.33 bits per heavy atom. The van der Waals surface area contributed by atoms with Gasteiger partial charge in [-0.25, -0.2) is 9.59 Å². The van der Waals surface area contributed by atoms with Gasteiger partial charge in [0.25, 0.3) is 0 Å². The Morgan fingerprint density at radius 2 is 1.75 bits per heavy atom. The van der Waals surface area contributed by atoms with Gasteiger partial charge in [-0.2, -0.15) is 0 Å². The Labute approximate surface area is 141 Å². The second kappa shape index (κ2) is 6.91. The van der Waals surface area contributed by atoms with E-state index < -0.39 is 23.7 Å². The summed E-state index contributed by atoms with van der Waals surface area (Å²) in [7, 11) is 1.45. The van der Waals surface area contributed by atoms with Gasteiger partial charge in [-0.05, 0) is 37.1 Å². The molecule has 0 heterocycles. The van der Waals surface area contributed by atoms with E-state index in [1.54, 1.807) is 20.8 Å². The molecule has 0 fully saturated rings. The van der Waals surface area contributed by atoms with Crippen molar-refractivity contribution in [1.29, 1.82) is 0 Å². The second-order valence-electron chi connectivity index (χ2n) is 6.83. The van der Waals surface area contributed by atoms with E-state index in [2.05, 4.69) is 0 Å². The average Bonchev–Trinajstić information content (AvgIpc) is 2.49. The smallest absolute Gasteiger partial charge is 0.410 e. The number of hydrogen-bond acceptors (Lipinski definition) is 3. The second-order valence-corrected chi connectivity index (χ2v) is 6.83. The number of nitrogens with zero attached hydrogens (tertiary/aromatic N) is 1. The number of ether oxygens (including phenoxy) is 1. The summed E-state index contributed by atoms with van der Waals surface area (Å²) in [6.45, 7) is 5.24. The highest BCUT2D eigenvalue weighted by atomic mass is 16.6. The largest absolute Gasteiger partial charge is 0.480 e. The number of carbonyl (C=O) groups excluding carboxylic acids is 1. The van der Waals surface area contributed by atoms with E-state index in [0.29, 0.717) is 0 Å². The summed E-state index contributed by atoms with van der Waals surface area (Å²) in [5.41, 5.74) is 0.189. The summed E-state index contributed by atoms with van der Waals surface area (Å²) >= 11 is 0. The van der Waals surface area contributed by atoms with Gasteiger partial charge in [0, 0.05) is 13.5 Å². The molecule has 1 N–H and O–H groups in total. The number of hydrogen-bond donors (Lipinski definition) is 1. The van der Waals surface area contributed by atoms with Crippen LogP contribution < -0.4 is 0 Å². The minimum Gasteiger partial charge on any atom is -0.480 e. The molecular formula is C19H23NO4. The maximum absolute atomic E-state index is 12.1. The van der Waals surface area contributed by atoms with Crippen LogP contribution in [0, 0.1) is 0 Å². The highest BCUT2D eigenvalue weighted by Gasteiger charge is 2.30. The minimum atomic E-state index is -1.06.